The topological polar surface area (TPSA) is 94.7 Å². The first kappa shape index (κ1) is 23.2. The molecular formula is C27H27N7S. The molecule has 1 aliphatic carbocycles. The van der Waals surface area contributed by atoms with Gasteiger partial charge < -0.3 is 5.32 Å². The first-order valence-corrected chi connectivity index (χ1v) is 12.8. The van der Waals surface area contributed by atoms with Crippen molar-refractivity contribution < 1.29 is 0 Å². The van der Waals surface area contributed by atoms with Gasteiger partial charge in [-0.25, -0.2) is 4.52 Å². The predicted molar refractivity (Wildman–Crippen MR) is 136 cm³/mol. The third kappa shape index (κ3) is 4.43. The van der Waals surface area contributed by atoms with Crippen LogP contribution in [-0.4, -0.2) is 32.0 Å². The Morgan fingerprint density at radius 2 is 1.80 bits per heavy atom. The van der Waals surface area contributed by atoms with Gasteiger partial charge in [-0.15, -0.1) is 0 Å². The lowest BCUT2D eigenvalue weighted by molar-refractivity contribution is 0.276. The highest BCUT2D eigenvalue weighted by Gasteiger charge is 2.25. The fourth-order valence-electron chi connectivity index (χ4n) is 5.05. The average Bonchev–Trinajstić information content (AvgIpc) is 3.48. The summed E-state index contributed by atoms with van der Waals surface area (Å²) < 4.78 is 3.95. The van der Waals surface area contributed by atoms with E-state index in [1.54, 1.807) is 10.7 Å². The van der Waals surface area contributed by atoms with Crippen molar-refractivity contribution in [2.24, 2.45) is 0 Å². The van der Waals surface area contributed by atoms with E-state index in [1.165, 1.54) is 24.6 Å². The molecule has 3 heterocycles. The van der Waals surface area contributed by atoms with Crippen molar-refractivity contribution in [2.45, 2.75) is 61.4 Å². The van der Waals surface area contributed by atoms with Crippen LogP contribution in [0.5, 0.6) is 0 Å². The fourth-order valence-corrected chi connectivity index (χ4v) is 6.14. The quantitative estimate of drug-likeness (QED) is 0.391. The fraction of sp³-hybridized carbons (Fsp3) is 0.333. The summed E-state index contributed by atoms with van der Waals surface area (Å²) >= 11 is 1.49. The largest absolute Gasteiger partial charge is 0.314 e. The summed E-state index contributed by atoms with van der Waals surface area (Å²) in [5.41, 5.74) is 5.06. The maximum atomic E-state index is 9.66. The second kappa shape index (κ2) is 9.95. The number of hydrogen-bond acceptors (Lipinski definition) is 6. The Morgan fingerprint density at radius 3 is 2.54 bits per heavy atom. The number of fused-ring (bicyclic) bond motifs is 1. The van der Waals surface area contributed by atoms with Crippen molar-refractivity contribution in [3.63, 3.8) is 0 Å². The number of hydrogen-bond donors (Lipinski definition) is 1. The van der Waals surface area contributed by atoms with E-state index in [2.05, 4.69) is 47.1 Å². The summed E-state index contributed by atoms with van der Waals surface area (Å²) in [5, 5.41) is 32.1. The molecule has 4 aromatic rings. The molecule has 0 amide bonds. The number of rotatable bonds is 6. The van der Waals surface area contributed by atoms with Crippen molar-refractivity contribution in [2.75, 3.05) is 6.54 Å². The number of nitrogens with zero attached hydrogens (tertiary/aromatic N) is 6. The molecule has 3 aromatic heterocycles. The van der Waals surface area contributed by atoms with E-state index < -0.39 is 0 Å². The summed E-state index contributed by atoms with van der Waals surface area (Å²) in [6, 6.07) is 15.2. The highest BCUT2D eigenvalue weighted by molar-refractivity contribution is 7.99. The smallest absolute Gasteiger partial charge is 0.103 e. The second-order valence-electron chi connectivity index (χ2n) is 8.92. The lowest BCUT2D eigenvalue weighted by atomic mass is 9.91. The van der Waals surface area contributed by atoms with Gasteiger partial charge in [0.2, 0.25) is 0 Å². The van der Waals surface area contributed by atoms with E-state index in [-0.39, 0.29) is 0 Å². The van der Waals surface area contributed by atoms with Crippen LogP contribution in [0.25, 0.3) is 16.6 Å². The summed E-state index contributed by atoms with van der Waals surface area (Å²) in [5.74, 6) is 0. The van der Waals surface area contributed by atoms with Crippen LogP contribution < -0.4 is 5.32 Å². The monoisotopic (exact) mass is 481 g/mol. The third-order valence-corrected chi connectivity index (χ3v) is 7.92. The van der Waals surface area contributed by atoms with Gasteiger partial charge in [-0.3, -0.25) is 4.68 Å². The summed E-state index contributed by atoms with van der Waals surface area (Å²) in [4.78, 5) is 1.74. The van der Waals surface area contributed by atoms with Gasteiger partial charge in [0.25, 0.3) is 0 Å². The predicted octanol–water partition coefficient (Wildman–Crippen LogP) is 5.49. The molecule has 0 atom stereocenters. The van der Waals surface area contributed by atoms with Crippen molar-refractivity contribution in [3.05, 3.63) is 65.7 Å². The Morgan fingerprint density at radius 1 is 1.03 bits per heavy atom. The number of nitrogens with one attached hydrogen (secondary N) is 1. The summed E-state index contributed by atoms with van der Waals surface area (Å²) in [7, 11) is 0. The van der Waals surface area contributed by atoms with Gasteiger partial charge >= 0.3 is 0 Å². The third-order valence-electron chi connectivity index (χ3n) is 6.82. The number of nitriles is 2. The minimum Gasteiger partial charge on any atom is -0.314 e. The van der Waals surface area contributed by atoms with Gasteiger partial charge in [-0.2, -0.15) is 20.7 Å². The molecule has 0 spiro atoms. The van der Waals surface area contributed by atoms with Crippen LogP contribution in [0.15, 0.2) is 58.7 Å². The van der Waals surface area contributed by atoms with Crippen LogP contribution in [-0.2, 0) is 0 Å². The van der Waals surface area contributed by atoms with E-state index in [9.17, 15) is 10.5 Å². The highest BCUT2D eigenvalue weighted by Crippen LogP contribution is 2.38. The Labute approximate surface area is 209 Å². The molecule has 1 N–H and O–H groups in total. The molecule has 7 nitrogen and oxygen atoms in total. The maximum absolute atomic E-state index is 9.66. The van der Waals surface area contributed by atoms with Crippen LogP contribution in [0.2, 0.25) is 0 Å². The average molecular weight is 482 g/mol. The van der Waals surface area contributed by atoms with E-state index in [0.717, 1.165) is 51.5 Å². The Bertz CT molecular complexity index is 1440. The molecule has 0 saturated heterocycles. The Balaban J connectivity index is 1.53. The minimum absolute atomic E-state index is 0.411. The van der Waals surface area contributed by atoms with Gasteiger partial charge in [0.05, 0.1) is 35.1 Å². The molecule has 1 aromatic carbocycles. The van der Waals surface area contributed by atoms with Crippen LogP contribution in [0.3, 0.4) is 0 Å². The standard InChI is InChI=1S/C27H27N7S/c1-3-30-22-8-10-23(11-9-22)34-18(2)24(16-32-34)20-12-26(27-21(14-29)15-31-33(27)17-20)35-25-7-5-4-6-19(25)13-28/h4-7,12,15-17,22-23,30H,3,8-11H2,1-2H3. The maximum Gasteiger partial charge on any atom is 0.103 e. The molecule has 176 valence electrons. The van der Waals surface area contributed by atoms with Crippen molar-refractivity contribution in [1.82, 2.24) is 24.7 Å². The molecule has 1 fully saturated rings. The van der Waals surface area contributed by atoms with Gasteiger partial charge in [0.15, 0.2) is 0 Å². The van der Waals surface area contributed by atoms with E-state index in [4.69, 9.17) is 5.10 Å². The first-order chi connectivity index (χ1) is 17.1. The molecule has 0 bridgehead atoms. The van der Waals surface area contributed by atoms with Gasteiger partial charge in [0, 0.05) is 38.9 Å². The molecular weight excluding hydrogens is 454 g/mol. The SMILES string of the molecule is CCNC1CCC(n2ncc(-c3cc(Sc4ccccc4C#N)c4c(C#N)cnn4c3)c2C)CC1. The Hall–Kier alpha value is -3.59. The molecule has 8 heteroatoms. The summed E-state index contributed by atoms with van der Waals surface area (Å²) in [6.45, 7) is 5.31. The molecule has 0 aliphatic heterocycles. The molecule has 5 rings (SSSR count). The van der Waals surface area contributed by atoms with Gasteiger partial charge in [-0.05, 0) is 57.4 Å². The van der Waals surface area contributed by atoms with Gasteiger partial charge in [0.1, 0.15) is 12.1 Å². The zero-order valence-electron chi connectivity index (χ0n) is 19.9. The molecule has 1 saturated carbocycles. The number of pyridine rings is 1. The lowest BCUT2D eigenvalue weighted by Crippen LogP contribution is -2.33. The van der Waals surface area contributed by atoms with Crippen LogP contribution in [0, 0.1) is 29.6 Å². The minimum atomic E-state index is 0.411. The molecule has 1 aliphatic rings. The van der Waals surface area contributed by atoms with E-state index in [0.29, 0.717) is 23.2 Å². The van der Waals surface area contributed by atoms with Crippen LogP contribution >= 0.6 is 11.8 Å². The zero-order chi connectivity index (χ0) is 24.4. The van der Waals surface area contributed by atoms with Crippen LogP contribution in [0.1, 0.15) is 55.5 Å². The molecule has 35 heavy (non-hydrogen) atoms. The molecule has 0 unspecified atom stereocenters. The first-order valence-electron chi connectivity index (χ1n) is 12.0. The van der Waals surface area contributed by atoms with E-state index in [1.807, 2.05) is 36.7 Å². The Kier molecular flexibility index (Phi) is 6.59. The highest BCUT2D eigenvalue weighted by atomic mass is 32.2. The normalized spacial score (nSPS) is 17.8. The number of benzene rings is 1. The van der Waals surface area contributed by atoms with Crippen molar-refractivity contribution in [3.8, 4) is 23.3 Å². The molecule has 0 radical (unpaired) electrons. The second-order valence-corrected chi connectivity index (χ2v) is 10.0. The van der Waals surface area contributed by atoms with Crippen molar-refractivity contribution in [1.29, 1.82) is 10.5 Å². The van der Waals surface area contributed by atoms with Crippen molar-refractivity contribution >= 4 is 17.3 Å². The zero-order valence-corrected chi connectivity index (χ0v) is 20.7. The number of aromatic nitrogens is 4. The summed E-state index contributed by atoms with van der Waals surface area (Å²) in [6.07, 6.45) is 10.1. The van der Waals surface area contributed by atoms with Gasteiger partial charge in [-0.1, -0.05) is 30.8 Å². The van der Waals surface area contributed by atoms with E-state index >= 15 is 0 Å². The van der Waals surface area contributed by atoms with Crippen LogP contribution in [0.4, 0.5) is 0 Å². The lowest BCUT2D eigenvalue weighted by Gasteiger charge is -2.30.